The van der Waals surface area contributed by atoms with E-state index in [1.165, 1.54) is 12.3 Å². The first-order chi connectivity index (χ1) is 17.0. The van der Waals surface area contributed by atoms with Crippen molar-refractivity contribution in [2.24, 2.45) is 4.99 Å². The van der Waals surface area contributed by atoms with Gasteiger partial charge in [0.1, 0.15) is 5.76 Å². The number of methoxy groups -OCH3 is 1. The van der Waals surface area contributed by atoms with Crippen LogP contribution in [0, 0.1) is 12.3 Å². The van der Waals surface area contributed by atoms with Crippen LogP contribution in [0.5, 0.6) is 0 Å². The Bertz CT molecular complexity index is 722. The van der Waals surface area contributed by atoms with Gasteiger partial charge in [0.2, 0.25) is 0 Å². The summed E-state index contributed by atoms with van der Waals surface area (Å²) in [5.41, 5.74) is 0.727. The molecule has 4 N–H and O–H groups in total. The van der Waals surface area contributed by atoms with Gasteiger partial charge < -0.3 is 20.5 Å². The molecule has 1 heterocycles. The van der Waals surface area contributed by atoms with E-state index in [-0.39, 0.29) is 17.5 Å². The van der Waals surface area contributed by atoms with Crippen molar-refractivity contribution in [2.75, 3.05) is 40.1 Å². The standard InChI is InChI=1S/C11H16FN3O.C9H18O2S.C3H4.C2H7N.C2H6/c1-13-5-3-9-7-10(12)15-11(8-9)14-4-2-6-16;1-6-8(11-5)7-12(10)9(2,3)4;2*1-3-2;1-2/h3,5,7-8,11,14-16H,1-2,4,6H2;6H,7H2,1-5H3;1H,2H3;3H,1-2H3;1-2H3/b5-3+;8-6+;;;. The van der Waals surface area contributed by atoms with E-state index in [1.54, 1.807) is 20.1 Å². The number of aliphatic hydroxyl groups excluding tert-OH is 1. The highest BCUT2D eigenvalue weighted by molar-refractivity contribution is 7.86. The number of ether oxygens (including phenoxy) is 1. The number of halogens is 1. The van der Waals surface area contributed by atoms with Crippen LogP contribution in [0.25, 0.3) is 0 Å². The molecule has 1 aliphatic heterocycles. The third-order valence-electron chi connectivity index (χ3n) is 3.56. The van der Waals surface area contributed by atoms with Gasteiger partial charge >= 0.3 is 0 Å². The third kappa shape index (κ3) is 28.0. The lowest BCUT2D eigenvalue weighted by molar-refractivity contribution is 0.283. The Morgan fingerprint density at radius 2 is 1.94 bits per heavy atom. The molecule has 210 valence electrons. The number of allylic oxidation sites excluding steroid dienone is 4. The molecule has 0 saturated carbocycles. The molecule has 1 rings (SSSR count). The second-order valence-corrected chi connectivity index (χ2v) is 9.87. The quantitative estimate of drug-likeness (QED) is 0.116. The first kappa shape index (κ1) is 40.9. The van der Waals surface area contributed by atoms with Crippen LogP contribution in [0.3, 0.4) is 0 Å². The van der Waals surface area contributed by atoms with Crippen LogP contribution in [0.4, 0.5) is 4.39 Å². The summed E-state index contributed by atoms with van der Waals surface area (Å²) in [7, 11) is 4.50. The predicted molar refractivity (Wildman–Crippen MR) is 157 cm³/mol. The number of terminal acetylenes is 1. The van der Waals surface area contributed by atoms with Crippen LogP contribution in [-0.2, 0) is 15.5 Å². The van der Waals surface area contributed by atoms with Gasteiger partial charge in [-0.3, -0.25) is 14.5 Å². The summed E-state index contributed by atoms with van der Waals surface area (Å²) >= 11 is 0. The van der Waals surface area contributed by atoms with Crippen molar-refractivity contribution < 1.29 is 18.4 Å². The number of dihydropyridines is 1. The van der Waals surface area contributed by atoms with Gasteiger partial charge in [-0.2, -0.15) is 4.39 Å². The maximum Gasteiger partial charge on any atom is 0.189 e. The van der Waals surface area contributed by atoms with Gasteiger partial charge in [-0.25, -0.2) is 0 Å². The van der Waals surface area contributed by atoms with Crippen molar-refractivity contribution >= 4 is 17.5 Å². The van der Waals surface area contributed by atoms with Crippen molar-refractivity contribution in [3.05, 3.63) is 47.8 Å². The lowest BCUT2D eigenvalue weighted by Gasteiger charge is -2.20. The molecular weight excluding hydrogens is 479 g/mol. The topological polar surface area (TPSA) is 95.0 Å². The molecule has 0 fully saturated rings. The van der Waals surface area contributed by atoms with Crippen LogP contribution >= 0.6 is 0 Å². The van der Waals surface area contributed by atoms with E-state index in [4.69, 9.17) is 9.84 Å². The van der Waals surface area contributed by atoms with Crippen molar-refractivity contribution in [3.8, 4) is 12.3 Å². The summed E-state index contributed by atoms with van der Waals surface area (Å²) in [6.07, 6.45) is 13.2. The molecule has 0 spiro atoms. The first-order valence-corrected chi connectivity index (χ1v) is 13.2. The number of hydrogen-bond acceptors (Lipinski definition) is 7. The average molecular weight is 531 g/mol. The highest BCUT2D eigenvalue weighted by Gasteiger charge is 2.20. The van der Waals surface area contributed by atoms with Gasteiger partial charge in [0.15, 0.2) is 5.95 Å². The fraction of sp³-hybridized carbons (Fsp3) is 0.593. The molecule has 2 atom stereocenters. The normalized spacial score (nSPS) is 15.2. The van der Waals surface area contributed by atoms with Gasteiger partial charge in [-0.15, -0.1) is 12.3 Å². The molecule has 0 aromatic carbocycles. The molecule has 36 heavy (non-hydrogen) atoms. The average Bonchev–Trinajstić information content (AvgIpc) is 2.83. The fourth-order valence-electron chi connectivity index (χ4n) is 1.91. The molecule has 9 heteroatoms. The van der Waals surface area contributed by atoms with E-state index in [1.807, 2.05) is 67.8 Å². The Hall–Kier alpha value is -2.25. The highest BCUT2D eigenvalue weighted by atomic mass is 32.2. The lowest BCUT2D eigenvalue weighted by atomic mass is 10.1. The molecule has 0 aromatic heterocycles. The van der Waals surface area contributed by atoms with Crippen LogP contribution in [-0.4, -0.2) is 67.1 Å². The Balaban J connectivity index is -0.000000225. The largest absolute Gasteiger partial charge is 0.500 e. The van der Waals surface area contributed by atoms with Crippen molar-refractivity contribution in [1.29, 1.82) is 0 Å². The number of hydrogen-bond donors (Lipinski definition) is 4. The van der Waals surface area contributed by atoms with Crippen LogP contribution in [0.15, 0.2) is 52.8 Å². The Morgan fingerprint density at radius 3 is 2.33 bits per heavy atom. The number of rotatable bonds is 9. The molecular formula is C27H51FN4O3S. The maximum absolute atomic E-state index is 13.2. The van der Waals surface area contributed by atoms with Gasteiger partial charge in [-0.1, -0.05) is 13.8 Å². The van der Waals surface area contributed by atoms with E-state index in [9.17, 15) is 8.60 Å². The van der Waals surface area contributed by atoms with Gasteiger partial charge in [0, 0.05) is 28.4 Å². The minimum absolute atomic E-state index is 0.120. The molecule has 0 saturated heterocycles. The van der Waals surface area contributed by atoms with Gasteiger partial charge in [0.05, 0.1) is 19.0 Å². The maximum atomic E-state index is 13.2. The van der Waals surface area contributed by atoms with Crippen LogP contribution < -0.4 is 16.0 Å². The SMILES string of the molecule is C#CC.C/C=C(\CS(=O)C(C)(C)C)OC.C=N/C=C/C1=CC(NCCCO)NC(F)=C1.CC.CNC. The van der Waals surface area contributed by atoms with Crippen molar-refractivity contribution in [2.45, 2.75) is 65.8 Å². The minimum Gasteiger partial charge on any atom is -0.500 e. The third-order valence-corrected chi connectivity index (χ3v) is 5.47. The Kier molecular flexibility index (Phi) is 32.9. The van der Waals surface area contributed by atoms with Crippen molar-refractivity contribution in [3.63, 3.8) is 0 Å². The van der Waals surface area contributed by atoms with Crippen LogP contribution in [0.2, 0.25) is 0 Å². The molecule has 0 aromatic rings. The van der Waals surface area contributed by atoms with E-state index < -0.39 is 16.8 Å². The molecule has 0 aliphatic carbocycles. The van der Waals surface area contributed by atoms with Gasteiger partial charge in [0.25, 0.3) is 0 Å². The Labute approximate surface area is 222 Å². The highest BCUT2D eigenvalue weighted by Crippen LogP contribution is 2.14. The van der Waals surface area contributed by atoms with E-state index in [0.717, 1.165) is 11.3 Å². The van der Waals surface area contributed by atoms with Gasteiger partial charge in [-0.05, 0) is 98.3 Å². The molecule has 0 radical (unpaired) electrons. The number of nitrogens with zero attached hydrogens (tertiary/aromatic N) is 1. The molecule has 2 unspecified atom stereocenters. The monoisotopic (exact) mass is 530 g/mol. The zero-order valence-electron chi connectivity index (χ0n) is 24.1. The Morgan fingerprint density at radius 1 is 1.42 bits per heavy atom. The smallest absolute Gasteiger partial charge is 0.189 e. The lowest BCUT2D eigenvalue weighted by Crippen LogP contribution is -2.41. The number of nitrogens with one attached hydrogen (secondary N) is 3. The zero-order valence-corrected chi connectivity index (χ0v) is 24.9. The summed E-state index contributed by atoms with van der Waals surface area (Å²) < 4.78 is 29.6. The summed E-state index contributed by atoms with van der Waals surface area (Å²) in [5.74, 6) is 3.16. The van der Waals surface area contributed by atoms with E-state index in [2.05, 4.69) is 40.0 Å². The summed E-state index contributed by atoms with van der Waals surface area (Å²) in [6, 6.07) is 0. The molecule has 7 nitrogen and oxygen atoms in total. The van der Waals surface area contributed by atoms with Crippen LogP contribution in [0.1, 0.15) is 54.9 Å². The van der Waals surface area contributed by atoms with Crippen molar-refractivity contribution in [1.82, 2.24) is 16.0 Å². The summed E-state index contributed by atoms with van der Waals surface area (Å²) in [5, 5.41) is 17.1. The van der Waals surface area contributed by atoms with E-state index >= 15 is 0 Å². The first-order valence-electron chi connectivity index (χ1n) is 11.9. The fourth-order valence-corrected chi connectivity index (χ4v) is 2.89. The number of aliphatic imine (C=N–C) groups is 1. The zero-order chi connectivity index (χ0) is 29.0. The van der Waals surface area contributed by atoms with E-state index in [0.29, 0.717) is 18.7 Å². The second kappa shape index (κ2) is 29.0. The molecule has 0 amide bonds. The molecule has 1 aliphatic rings. The summed E-state index contributed by atoms with van der Waals surface area (Å²) in [6.45, 7) is 17.5. The second-order valence-electron chi connectivity index (χ2n) is 7.66. The minimum atomic E-state index is -0.860. The molecule has 0 bridgehead atoms. The summed E-state index contributed by atoms with van der Waals surface area (Å²) in [4.78, 5) is 3.56. The predicted octanol–water partition coefficient (Wildman–Crippen LogP) is 4.42. The number of aliphatic hydroxyl groups is 1.